The number of rotatable bonds is 13. The predicted octanol–water partition coefficient (Wildman–Crippen LogP) is 3.58. The first-order valence-electron chi connectivity index (χ1n) is 22.6. The van der Waals surface area contributed by atoms with Crippen LogP contribution in [0.5, 0.6) is 5.75 Å². The minimum atomic E-state index is -4.65. The Labute approximate surface area is 390 Å². The summed E-state index contributed by atoms with van der Waals surface area (Å²) < 4.78 is 53.0. The van der Waals surface area contributed by atoms with Crippen LogP contribution in [0.2, 0.25) is 0 Å². The van der Waals surface area contributed by atoms with E-state index in [1.54, 1.807) is 16.8 Å². The van der Waals surface area contributed by atoms with Gasteiger partial charge >= 0.3 is 6.18 Å². The Morgan fingerprint density at radius 2 is 1.67 bits per heavy atom. The number of nitrogens with one attached hydrogen (secondary N) is 2. The second-order valence-corrected chi connectivity index (χ2v) is 19.8. The Bertz CT molecular complexity index is 2380. The van der Waals surface area contributed by atoms with Gasteiger partial charge in [0.2, 0.25) is 11.8 Å². The summed E-state index contributed by atoms with van der Waals surface area (Å²) in [5.74, 6) is -0.486. The number of ether oxygens (including phenoxy) is 2. The summed E-state index contributed by atoms with van der Waals surface area (Å²) in [6.07, 6.45) is -9.30. The van der Waals surface area contributed by atoms with Gasteiger partial charge in [-0.25, -0.2) is 4.98 Å². The van der Waals surface area contributed by atoms with Crippen LogP contribution in [-0.4, -0.2) is 143 Å². The highest BCUT2D eigenvalue weighted by atomic mass is 32.1. The third kappa shape index (κ3) is 11.0. The fraction of sp³-hybridized carbons (Fsp3) is 0.565. The number of amidine groups is 1. The molecule has 3 fully saturated rings. The summed E-state index contributed by atoms with van der Waals surface area (Å²) in [5, 5.41) is 60.9. The fourth-order valence-corrected chi connectivity index (χ4v) is 10.1. The topological polar surface area (TPSA) is 220 Å². The zero-order chi connectivity index (χ0) is 47.8. The minimum Gasteiger partial charge on any atom is -0.491 e. The number of carbonyl (C=O) groups excluding carboxylic acids is 2. The maximum Gasteiger partial charge on any atom is 0.453 e. The molecule has 4 aromatic rings. The zero-order valence-corrected chi connectivity index (χ0v) is 38.6. The molecule has 8 rings (SSSR count). The van der Waals surface area contributed by atoms with E-state index in [-0.39, 0.29) is 44.3 Å². The van der Waals surface area contributed by atoms with Gasteiger partial charge in [-0.3, -0.25) is 14.9 Å². The van der Waals surface area contributed by atoms with E-state index in [0.29, 0.717) is 37.5 Å². The van der Waals surface area contributed by atoms with E-state index in [1.807, 2.05) is 81.1 Å². The summed E-state index contributed by atoms with van der Waals surface area (Å²) in [5.41, 5.74) is 4.95. The quantitative estimate of drug-likeness (QED) is 0.106. The molecule has 0 spiro atoms. The number of β-amino-alcohol motifs (C(OH)–C–C–N with tert-alkyl or cyclic N) is 1. The van der Waals surface area contributed by atoms with Gasteiger partial charge in [0.15, 0.2) is 5.82 Å². The van der Waals surface area contributed by atoms with Crippen molar-refractivity contribution in [1.82, 2.24) is 40.3 Å². The second-order valence-electron chi connectivity index (χ2n) is 18.9. The van der Waals surface area contributed by atoms with Crippen LogP contribution in [-0.2, 0) is 33.5 Å². The monoisotopic (exact) mass is 953 g/mol. The van der Waals surface area contributed by atoms with Crippen molar-refractivity contribution in [1.29, 1.82) is 0 Å². The number of carbonyl (C=O) groups is 2. The lowest BCUT2D eigenvalue weighted by molar-refractivity contribution is -0.147. The molecule has 0 aliphatic carbocycles. The lowest BCUT2D eigenvalue weighted by Crippen LogP contribution is -2.59. The summed E-state index contributed by atoms with van der Waals surface area (Å²) in [7, 11) is 0. The van der Waals surface area contributed by atoms with E-state index in [1.165, 1.54) is 4.90 Å². The molecule has 17 nitrogen and oxygen atoms in total. The molecular formula is C46H58F3N9O8S. The van der Waals surface area contributed by atoms with Crippen molar-refractivity contribution < 1.29 is 52.7 Å². The number of alkyl halides is 3. The largest absolute Gasteiger partial charge is 0.491 e. The molecule has 4 aliphatic rings. The number of piperidine rings is 1. The van der Waals surface area contributed by atoms with E-state index in [4.69, 9.17) is 9.47 Å². The Hall–Kier alpha value is -5.03. The normalized spacial score (nSPS) is 24.6. The number of thiazole rings is 1. The molecule has 362 valence electrons. The molecule has 2 aromatic carbocycles. The average Bonchev–Trinajstić information content (AvgIpc) is 4.09. The molecule has 5 unspecified atom stereocenters. The van der Waals surface area contributed by atoms with Gasteiger partial charge in [-0.1, -0.05) is 57.2 Å². The van der Waals surface area contributed by atoms with E-state index in [2.05, 4.69) is 30.9 Å². The van der Waals surface area contributed by atoms with Gasteiger partial charge in [0, 0.05) is 51.9 Å². The molecule has 6 heterocycles. The van der Waals surface area contributed by atoms with Crippen molar-refractivity contribution >= 4 is 29.0 Å². The molecule has 21 heteroatoms. The van der Waals surface area contributed by atoms with E-state index >= 15 is 0 Å². The summed E-state index contributed by atoms with van der Waals surface area (Å²) in [6.45, 7) is 8.71. The van der Waals surface area contributed by atoms with Gasteiger partial charge in [-0.05, 0) is 59.9 Å². The number of amides is 2. The van der Waals surface area contributed by atoms with Crippen LogP contribution < -0.4 is 15.4 Å². The third-order valence-corrected chi connectivity index (χ3v) is 14.0. The van der Waals surface area contributed by atoms with Crippen LogP contribution in [0.3, 0.4) is 0 Å². The number of aromatic nitrogens is 4. The first kappa shape index (κ1) is 48.4. The van der Waals surface area contributed by atoms with Gasteiger partial charge in [-0.15, -0.1) is 21.5 Å². The number of aliphatic hydroxyl groups excluding tert-OH is 4. The number of halogens is 3. The number of nitrogens with zero attached hydrogens (tertiary/aromatic N) is 7. The molecular weight excluding hydrogens is 896 g/mol. The highest BCUT2D eigenvalue weighted by molar-refractivity contribution is 7.13. The van der Waals surface area contributed by atoms with E-state index in [0.717, 1.165) is 44.8 Å². The van der Waals surface area contributed by atoms with Crippen LogP contribution in [0.15, 0.2) is 59.1 Å². The maximum atomic E-state index is 14.2. The number of aliphatic hydroxyl groups is 4. The number of likely N-dealkylation sites (tertiary alicyclic amines) is 2. The number of hydrogen-bond acceptors (Lipinski definition) is 15. The Morgan fingerprint density at radius 3 is 2.33 bits per heavy atom. The first-order chi connectivity index (χ1) is 31.8. The van der Waals surface area contributed by atoms with Crippen LogP contribution in [0.25, 0.3) is 10.4 Å². The van der Waals surface area contributed by atoms with Crippen LogP contribution >= 0.6 is 11.3 Å². The van der Waals surface area contributed by atoms with Crippen molar-refractivity contribution in [2.24, 2.45) is 10.5 Å². The van der Waals surface area contributed by atoms with Crippen LogP contribution in [0.1, 0.15) is 87.3 Å². The van der Waals surface area contributed by atoms with Gasteiger partial charge in [0.1, 0.15) is 48.8 Å². The SMILES string of the molecule is Cc1ncsc1-c1ccc(CNC(=O)C2CC(O)CN2C(=O)C(NC(O)CC2O[C@H](COc3ccc(C4CCN(C5=Nn6c(nnc6C(F)(F)F)CC5)CC4)cc3)[C@@H](O)[C@H]2O)C(C)(C)C)cc1. The molecule has 0 saturated carbocycles. The van der Waals surface area contributed by atoms with E-state index < -0.39 is 78.1 Å². The molecule has 4 aliphatic heterocycles. The summed E-state index contributed by atoms with van der Waals surface area (Å²) in [6, 6.07) is 13.4. The smallest absolute Gasteiger partial charge is 0.453 e. The number of aryl methyl sites for hydroxylation is 2. The van der Waals surface area contributed by atoms with Gasteiger partial charge in [0.25, 0.3) is 5.82 Å². The Balaban J connectivity index is 0.803. The van der Waals surface area contributed by atoms with Crippen molar-refractivity contribution in [3.05, 3.63) is 82.5 Å². The average molecular weight is 954 g/mol. The molecule has 6 N–H and O–H groups in total. The van der Waals surface area contributed by atoms with Crippen molar-refractivity contribution in [3.63, 3.8) is 0 Å². The number of hydrogen-bond donors (Lipinski definition) is 6. The predicted molar refractivity (Wildman–Crippen MR) is 240 cm³/mol. The molecule has 67 heavy (non-hydrogen) atoms. The molecule has 0 radical (unpaired) electrons. The third-order valence-electron chi connectivity index (χ3n) is 13.1. The second kappa shape index (κ2) is 19.9. The zero-order valence-electron chi connectivity index (χ0n) is 37.8. The van der Waals surface area contributed by atoms with Gasteiger partial charge in [0.05, 0.1) is 34.3 Å². The van der Waals surface area contributed by atoms with Gasteiger partial charge < -0.3 is 45.0 Å². The lowest BCUT2D eigenvalue weighted by atomic mass is 9.85. The first-order valence-corrected chi connectivity index (χ1v) is 23.5. The maximum absolute atomic E-state index is 14.2. The molecule has 8 atom stereocenters. The Morgan fingerprint density at radius 1 is 0.970 bits per heavy atom. The molecule has 0 bridgehead atoms. The Kier molecular flexibility index (Phi) is 14.4. The highest BCUT2D eigenvalue weighted by Crippen LogP contribution is 2.34. The van der Waals surface area contributed by atoms with E-state index in [9.17, 15) is 43.2 Å². The van der Waals surface area contributed by atoms with Crippen LogP contribution in [0, 0.1) is 12.3 Å². The van der Waals surface area contributed by atoms with Gasteiger partial charge in [-0.2, -0.15) is 22.9 Å². The summed E-state index contributed by atoms with van der Waals surface area (Å²) in [4.78, 5) is 36.5. The fourth-order valence-electron chi connectivity index (χ4n) is 9.31. The number of benzene rings is 2. The van der Waals surface area contributed by atoms with Crippen molar-refractivity contribution in [2.45, 2.75) is 134 Å². The van der Waals surface area contributed by atoms with Crippen LogP contribution in [0.4, 0.5) is 13.2 Å². The molecule has 3 saturated heterocycles. The molecule has 2 amide bonds. The molecule has 2 aromatic heterocycles. The highest BCUT2D eigenvalue weighted by Gasteiger charge is 2.47. The lowest BCUT2D eigenvalue weighted by Gasteiger charge is -2.37. The summed E-state index contributed by atoms with van der Waals surface area (Å²) >= 11 is 1.55. The standard InChI is InChI=1S/C46H58F3N9O8S/c1-25-40(67-24-51-25)29-7-5-26(6-8-29)21-50-42(63)32-19-30(59)22-57(32)43(64)41(45(2,3)4)52-37(60)20-33-38(61)39(62)34(66-33)23-65-31-11-9-27(10-12-31)28-15-17-56(18-16-28)36-14-13-35-53-54-44(46(47,48)49)58(35)55-36/h5-12,24,28,30,32-34,37-39,41,52,59-62H,13-23H2,1-4H3,(H,50,63)/t30?,32?,33?,34-,37?,38+,39-,41?/m1/s1. The minimum absolute atomic E-state index is 0.0554. The number of fused-ring (bicyclic) bond motifs is 1. The van der Waals surface area contributed by atoms with Crippen molar-refractivity contribution in [3.8, 4) is 16.2 Å². The van der Waals surface area contributed by atoms with Crippen molar-refractivity contribution in [2.75, 3.05) is 26.2 Å².